The molecule has 1 aromatic heterocycles. The molecule has 3 aromatic rings. The third-order valence-corrected chi connectivity index (χ3v) is 4.52. The van der Waals surface area contributed by atoms with Crippen molar-refractivity contribution in [3.05, 3.63) is 42.1 Å². The van der Waals surface area contributed by atoms with E-state index >= 15 is 0 Å². The number of aromatic nitrogens is 1. The molecular weight excluding hydrogens is 342 g/mol. The highest BCUT2D eigenvalue weighted by molar-refractivity contribution is 5.97. The molecule has 0 spiro atoms. The maximum atomic E-state index is 5.50. The van der Waals surface area contributed by atoms with Crippen LogP contribution in [0.2, 0.25) is 0 Å². The fraction of sp³-hybridized carbons (Fsp3) is 0.318. The third kappa shape index (κ3) is 3.77. The van der Waals surface area contributed by atoms with Crippen LogP contribution >= 0.6 is 0 Å². The van der Waals surface area contributed by atoms with Crippen LogP contribution in [0.3, 0.4) is 0 Å². The van der Waals surface area contributed by atoms with Gasteiger partial charge in [-0.3, -0.25) is 4.98 Å². The van der Waals surface area contributed by atoms with Gasteiger partial charge in [-0.15, -0.1) is 0 Å². The molecule has 2 aromatic carbocycles. The van der Waals surface area contributed by atoms with Gasteiger partial charge in [-0.1, -0.05) is 13.3 Å². The van der Waals surface area contributed by atoms with Gasteiger partial charge < -0.3 is 18.9 Å². The standard InChI is InChI=1S/C22H25NO4/c1-6-7-16-8-14-11-20(26-4)21(27-5)13-19(14)22(23-16)15-9-17(24-2)12-18(10-15)25-3/h8-13H,6-7H2,1-5H3. The quantitative estimate of drug-likeness (QED) is 0.595. The Morgan fingerprint density at radius 3 is 1.93 bits per heavy atom. The Morgan fingerprint density at radius 1 is 0.741 bits per heavy atom. The topological polar surface area (TPSA) is 49.8 Å². The minimum absolute atomic E-state index is 0.672. The molecule has 0 bridgehead atoms. The zero-order valence-corrected chi connectivity index (χ0v) is 16.5. The number of methoxy groups -OCH3 is 4. The van der Waals surface area contributed by atoms with Gasteiger partial charge in [0.1, 0.15) is 11.5 Å². The minimum Gasteiger partial charge on any atom is -0.497 e. The van der Waals surface area contributed by atoms with Crippen molar-refractivity contribution in [1.82, 2.24) is 4.98 Å². The molecular formula is C22H25NO4. The summed E-state index contributed by atoms with van der Waals surface area (Å²) < 4.78 is 21.9. The molecule has 1 heterocycles. The van der Waals surface area contributed by atoms with E-state index in [4.69, 9.17) is 23.9 Å². The van der Waals surface area contributed by atoms with Crippen molar-refractivity contribution in [2.45, 2.75) is 19.8 Å². The molecule has 5 nitrogen and oxygen atoms in total. The molecule has 5 heteroatoms. The second kappa shape index (κ2) is 8.16. The van der Waals surface area contributed by atoms with E-state index in [1.807, 2.05) is 30.3 Å². The first-order valence-electron chi connectivity index (χ1n) is 8.92. The van der Waals surface area contributed by atoms with Crippen LogP contribution in [0.15, 0.2) is 36.4 Å². The number of nitrogens with zero attached hydrogens (tertiary/aromatic N) is 1. The van der Waals surface area contributed by atoms with Gasteiger partial charge in [0.05, 0.1) is 34.1 Å². The Kier molecular flexibility index (Phi) is 5.69. The molecule has 0 atom stereocenters. The Bertz CT molecular complexity index is 930. The molecule has 0 N–H and O–H groups in total. The Hall–Kier alpha value is -2.95. The summed E-state index contributed by atoms with van der Waals surface area (Å²) in [6.45, 7) is 2.15. The van der Waals surface area contributed by atoms with E-state index in [-0.39, 0.29) is 0 Å². The highest BCUT2D eigenvalue weighted by Crippen LogP contribution is 2.38. The fourth-order valence-corrected chi connectivity index (χ4v) is 3.18. The van der Waals surface area contributed by atoms with Crippen LogP contribution in [0.4, 0.5) is 0 Å². The summed E-state index contributed by atoms with van der Waals surface area (Å²) in [6.07, 6.45) is 1.92. The van der Waals surface area contributed by atoms with Gasteiger partial charge >= 0.3 is 0 Å². The lowest BCUT2D eigenvalue weighted by atomic mass is 10.0. The summed E-state index contributed by atoms with van der Waals surface area (Å²) in [6, 6.07) is 11.9. The van der Waals surface area contributed by atoms with Crippen molar-refractivity contribution < 1.29 is 18.9 Å². The molecule has 0 aliphatic heterocycles. The molecule has 0 aliphatic carbocycles. The van der Waals surface area contributed by atoms with E-state index in [0.29, 0.717) is 11.5 Å². The van der Waals surface area contributed by atoms with Crippen LogP contribution < -0.4 is 18.9 Å². The largest absolute Gasteiger partial charge is 0.497 e. The Balaban J connectivity index is 2.32. The molecule has 0 fully saturated rings. The number of pyridine rings is 1. The zero-order valence-electron chi connectivity index (χ0n) is 16.5. The monoisotopic (exact) mass is 367 g/mol. The van der Waals surface area contributed by atoms with E-state index < -0.39 is 0 Å². The summed E-state index contributed by atoms with van der Waals surface area (Å²) in [5, 5.41) is 2.05. The van der Waals surface area contributed by atoms with Crippen LogP contribution in [-0.4, -0.2) is 33.4 Å². The second-order valence-corrected chi connectivity index (χ2v) is 6.24. The maximum Gasteiger partial charge on any atom is 0.161 e. The Labute approximate surface area is 159 Å². The average Bonchev–Trinajstić information content (AvgIpc) is 2.71. The molecule has 27 heavy (non-hydrogen) atoms. The van der Waals surface area contributed by atoms with Crippen LogP contribution in [0.1, 0.15) is 19.0 Å². The highest BCUT2D eigenvalue weighted by Gasteiger charge is 2.15. The first kappa shape index (κ1) is 18.8. The molecule has 142 valence electrons. The number of ether oxygens (including phenoxy) is 4. The van der Waals surface area contributed by atoms with Crippen molar-refractivity contribution in [1.29, 1.82) is 0 Å². The predicted octanol–water partition coefficient (Wildman–Crippen LogP) is 4.89. The van der Waals surface area contributed by atoms with Crippen molar-refractivity contribution in [2.24, 2.45) is 0 Å². The van der Waals surface area contributed by atoms with Gasteiger partial charge in [0.25, 0.3) is 0 Å². The number of hydrogen-bond acceptors (Lipinski definition) is 5. The number of fused-ring (bicyclic) bond motifs is 1. The van der Waals surface area contributed by atoms with E-state index in [9.17, 15) is 0 Å². The van der Waals surface area contributed by atoms with Crippen LogP contribution in [0.25, 0.3) is 22.0 Å². The first-order valence-corrected chi connectivity index (χ1v) is 8.92. The smallest absolute Gasteiger partial charge is 0.161 e. The van der Waals surface area contributed by atoms with Crippen molar-refractivity contribution in [2.75, 3.05) is 28.4 Å². The van der Waals surface area contributed by atoms with Crippen molar-refractivity contribution >= 4 is 10.8 Å². The number of aryl methyl sites for hydroxylation is 1. The molecule has 0 unspecified atom stereocenters. The van der Waals surface area contributed by atoms with Crippen molar-refractivity contribution in [3.8, 4) is 34.3 Å². The minimum atomic E-state index is 0.672. The van der Waals surface area contributed by atoms with Crippen LogP contribution in [0, 0.1) is 0 Å². The van der Waals surface area contributed by atoms with E-state index in [1.54, 1.807) is 28.4 Å². The number of benzene rings is 2. The SMILES string of the molecule is CCCc1cc2cc(OC)c(OC)cc2c(-c2cc(OC)cc(OC)c2)n1. The summed E-state index contributed by atoms with van der Waals surface area (Å²) in [4.78, 5) is 4.94. The van der Waals surface area contributed by atoms with Crippen molar-refractivity contribution in [3.63, 3.8) is 0 Å². The molecule has 0 radical (unpaired) electrons. The van der Waals surface area contributed by atoms with E-state index in [1.165, 1.54) is 0 Å². The molecule has 0 amide bonds. The van der Waals surface area contributed by atoms with Gasteiger partial charge in [0, 0.05) is 22.7 Å². The summed E-state index contributed by atoms with van der Waals surface area (Å²) in [5.74, 6) is 2.82. The maximum absolute atomic E-state index is 5.50. The summed E-state index contributed by atoms with van der Waals surface area (Å²) >= 11 is 0. The van der Waals surface area contributed by atoms with E-state index in [2.05, 4.69) is 13.0 Å². The van der Waals surface area contributed by atoms with Gasteiger partial charge in [-0.05, 0) is 42.1 Å². The van der Waals surface area contributed by atoms with Gasteiger partial charge in [-0.2, -0.15) is 0 Å². The van der Waals surface area contributed by atoms with Gasteiger partial charge in [0.15, 0.2) is 11.5 Å². The fourth-order valence-electron chi connectivity index (χ4n) is 3.18. The third-order valence-electron chi connectivity index (χ3n) is 4.52. The number of hydrogen-bond donors (Lipinski definition) is 0. The van der Waals surface area contributed by atoms with Crippen LogP contribution in [0.5, 0.6) is 23.0 Å². The van der Waals surface area contributed by atoms with Crippen LogP contribution in [-0.2, 0) is 6.42 Å². The van der Waals surface area contributed by atoms with Gasteiger partial charge in [-0.25, -0.2) is 0 Å². The molecule has 0 saturated carbocycles. The predicted molar refractivity (Wildman–Crippen MR) is 107 cm³/mol. The zero-order chi connectivity index (χ0) is 19.4. The summed E-state index contributed by atoms with van der Waals surface area (Å²) in [5.41, 5.74) is 2.84. The average molecular weight is 367 g/mol. The molecule has 0 saturated heterocycles. The molecule has 3 rings (SSSR count). The Morgan fingerprint density at radius 2 is 1.37 bits per heavy atom. The molecule has 0 aliphatic rings. The second-order valence-electron chi connectivity index (χ2n) is 6.24. The highest BCUT2D eigenvalue weighted by atomic mass is 16.5. The lowest BCUT2D eigenvalue weighted by Crippen LogP contribution is -1.97. The van der Waals surface area contributed by atoms with E-state index in [0.717, 1.165) is 52.1 Å². The first-order chi connectivity index (χ1) is 13.1. The lowest BCUT2D eigenvalue weighted by Gasteiger charge is -2.15. The number of rotatable bonds is 7. The van der Waals surface area contributed by atoms with Gasteiger partial charge in [0.2, 0.25) is 0 Å². The lowest BCUT2D eigenvalue weighted by molar-refractivity contribution is 0.356. The normalized spacial score (nSPS) is 10.7. The summed E-state index contributed by atoms with van der Waals surface area (Å²) in [7, 11) is 6.57.